The molecule has 1 amide bonds. The van der Waals surface area contributed by atoms with Crippen molar-refractivity contribution in [3.63, 3.8) is 0 Å². The minimum Gasteiger partial charge on any atom is -0.390 e. The summed E-state index contributed by atoms with van der Waals surface area (Å²) in [4.78, 5) is 16.4. The number of rotatable bonds is 6. The van der Waals surface area contributed by atoms with E-state index in [4.69, 9.17) is 5.73 Å². The van der Waals surface area contributed by atoms with E-state index < -0.39 is 0 Å². The van der Waals surface area contributed by atoms with Crippen LogP contribution in [0.1, 0.15) is 65.9 Å². The Hall–Kier alpha value is -1.81. The van der Waals surface area contributed by atoms with Gasteiger partial charge in [0, 0.05) is 23.5 Å². The Labute approximate surface area is 161 Å². The van der Waals surface area contributed by atoms with Gasteiger partial charge in [-0.05, 0) is 62.1 Å². The van der Waals surface area contributed by atoms with Gasteiger partial charge in [-0.2, -0.15) is 0 Å². The number of aryl methyl sites for hydroxylation is 3. The lowest BCUT2D eigenvalue weighted by molar-refractivity contribution is 0.0758. The summed E-state index contributed by atoms with van der Waals surface area (Å²) in [5.41, 5.74) is 12.1. The smallest absolute Gasteiger partial charge is 0.257 e. The molecule has 3 nitrogen and oxygen atoms in total. The number of hydrogen-bond acceptors (Lipinski definition) is 3. The van der Waals surface area contributed by atoms with Crippen LogP contribution in [-0.2, 0) is 12.8 Å². The van der Waals surface area contributed by atoms with E-state index in [2.05, 4.69) is 39.0 Å². The second kappa shape index (κ2) is 8.26. The van der Waals surface area contributed by atoms with Gasteiger partial charge in [0.2, 0.25) is 0 Å². The minimum absolute atomic E-state index is 0.0864. The van der Waals surface area contributed by atoms with E-state index in [1.807, 2.05) is 4.90 Å². The summed E-state index contributed by atoms with van der Waals surface area (Å²) in [6, 6.07) is 6.73. The number of anilines is 1. The van der Waals surface area contributed by atoms with Gasteiger partial charge >= 0.3 is 0 Å². The Kier molecular flexibility index (Phi) is 6.02. The number of amides is 1. The van der Waals surface area contributed by atoms with Gasteiger partial charge < -0.3 is 10.6 Å². The average molecular weight is 371 g/mol. The summed E-state index contributed by atoms with van der Waals surface area (Å²) in [5, 5.41) is 0.650. The van der Waals surface area contributed by atoms with Crippen LogP contribution in [0.4, 0.5) is 5.00 Å². The topological polar surface area (TPSA) is 46.3 Å². The molecule has 0 saturated heterocycles. The van der Waals surface area contributed by atoms with E-state index >= 15 is 0 Å². The Bertz CT molecular complexity index is 788. The molecule has 0 unspecified atom stereocenters. The fourth-order valence-electron chi connectivity index (χ4n) is 4.03. The van der Waals surface area contributed by atoms with E-state index in [0.29, 0.717) is 10.6 Å². The third kappa shape index (κ3) is 3.66. The monoisotopic (exact) mass is 370 g/mol. The third-order valence-corrected chi connectivity index (χ3v) is 6.17. The normalized spacial score (nSPS) is 13.5. The average Bonchev–Trinajstić information content (AvgIpc) is 2.94. The number of nitrogens with zero attached hydrogens (tertiary/aromatic N) is 1. The maximum absolute atomic E-state index is 13.3. The predicted octanol–water partition coefficient (Wildman–Crippen LogP) is 5.45. The van der Waals surface area contributed by atoms with Crippen LogP contribution in [-0.4, -0.2) is 23.9 Å². The van der Waals surface area contributed by atoms with Gasteiger partial charge in [-0.1, -0.05) is 32.0 Å². The Morgan fingerprint density at radius 3 is 2.42 bits per heavy atom. The summed E-state index contributed by atoms with van der Waals surface area (Å²) in [6.07, 6.45) is 6.78. The second-order valence-corrected chi connectivity index (χ2v) is 8.51. The number of carbonyl (C=O) groups is 1. The SMILES string of the molecule is CCCN(CCC)C(=O)c1c(N)sc(C)c1-c1ccc2c(c1)CCCC2. The van der Waals surface area contributed by atoms with Crippen molar-refractivity contribution in [2.24, 2.45) is 0 Å². The van der Waals surface area contributed by atoms with E-state index in [1.165, 1.54) is 30.4 Å². The lowest BCUT2D eigenvalue weighted by Gasteiger charge is -2.23. The molecule has 2 aromatic rings. The van der Waals surface area contributed by atoms with Crippen molar-refractivity contribution in [3.8, 4) is 11.1 Å². The lowest BCUT2D eigenvalue weighted by atomic mass is 9.88. The van der Waals surface area contributed by atoms with Crippen LogP contribution in [0.2, 0.25) is 0 Å². The maximum Gasteiger partial charge on any atom is 0.257 e. The highest BCUT2D eigenvalue weighted by atomic mass is 32.1. The van der Waals surface area contributed by atoms with Gasteiger partial charge in [0.05, 0.1) is 10.6 Å². The number of thiophene rings is 1. The Morgan fingerprint density at radius 2 is 1.77 bits per heavy atom. The molecule has 0 saturated carbocycles. The highest BCUT2D eigenvalue weighted by Crippen LogP contribution is 2.40. The van der Waals surface area contributed by atoms with Gasteiger partial charge in [0.1, 0.15) is 0 Å². The van der Waals surface area contributed by atoms with E-state index in [-0.39, 0.29) is 5.91 Å². The summed E-state index contributed by atoms with van der Waals surface area (Å²) < 4.78 is 0. The zero-order valence-electron chi connectivity index (χ0n) is 16.2. The van der Waals surface area contributed by atoms with Crippen LogP contribution in [0.15, 0.2) is 18.2 Å². The molecule has 140 valence electrons. The zero-order chi connectivity index (χ0) is 18.7. The fourth-order valence-corrected chi connectivity index (χ4v) is 4.97. The van der Waals surface area contributed by atoms with E-state index in [0.717, 1.165) is 48.4 Å². The largest absolute Gasteiger partial charge is 0.390 e. The number of nitrogen functional groups attached to an aromatic ring is 1. The second-order valence-electron chi connectivity index (χ2n) is 7.26. The Balaban J connectivity index is 2.04. The highest BCUT2D eigenvalue weighted by Gasteiger charge is 2.26. The van der Waals surface area contributed by atoms with Crippen molar-refractivity contribution >= 4 is 22.2 Å². The first kappa shape index (κ1) is 19.0. The molecule has 0 fully saturated rings. The fraction of sp³-hybridized carbons (Fsp3) is 0.500. The van der Waals surface area contributed by atoms with Crippen LogP contribution in [0, 0.1) is 6.92 Å². The molecular weight excluding hydrogens is 340 g/mol. The first-order valence-corrected chi connectivity index (χ1v) is 10.7. The predicted molar refractivity (Wildman–Crippen MR) is 112 cm³/mol. The maximum atomic E-state index is 13.3. The summed E-state index contributed by atoms with van der Waals surface area (Å²) in [5.74, 6) is 0.0864. The standard InChI is InChI=1S/C22H30N2OS/c1-4-12-24(13-5-2)22(25)20-19(15(3)26-21(20)23)18-11-10-16-8-6-7-9-17(16)14-18/h10-11,14H,4-9,12-13,23H2,1-3H3. The van der Waals surface area contributed by atoms with Crippen LogP contribution in [0.25, 0.3) is 11.1 Å². The van der Waals surface area contributed by atoms with Crippen molar-refractivity contribution < 1.29 is 4.79 Å². The molecule has 1 aromatic heterocycles. The minimum atomic E-state index is 0.0864. The number of hydrogen-bond donors (Lipinski definition) is 1. The molecule has 3 rings (SSSR count). The first-order chi connectivity index (χ1) is 12.6. The van der Waals surface area contributed by atoms with Gasteiger partial charge in [-0.25, -0.2) is 0 Å². The quantitative estimate of drug-likeness (QED) is 0.735. The number of carbonyl (C=O) groups excluding carboxylic acids is 1. The van der Waals surface area contributed by atoms with Crippen molar-refractivity contribution in [1.82, 2.24) is 4.90 Å². The van der Waals surface area contributed by atoms with Crippen LogP contribution in [0.3, 0.4) is 0 Å². The van der Waals surface area contributed by atoms with Crippen molar-refractivity contribution in [2.75, 3.05) is 18.8 Å². The number of nitrogens with two attached hydrogens (primary N) is 1. The summed E-state index contributed by atoms with van der Waals surface area (Å²) in [6.45, 7) is 7.87. The van der Waals surface area contributed by atoms with Crippen molar-refractivity contribution in [1.29, 1.82) is 0 Å². The molecule has 1 aliphatic rings. The molecule has 2 N–H and O–H groups in total. The molecular formula is C22H30N2OS. The molecule has 1 aromatic carbocycles. The zero-order valence-corrected chi connectivity index (χ0v) is 17.0. The number of benzene rings is 1. The van der Waals surface area contributed by atoms with E-state index in [1.54, 1.807) is 11.3 Å². The summed E-state index contributed by atoms with van der Waals surface area (Å²) >= 11 is 1.54. The molecule has 1 heterocycles. The molecule has 26 heavy (non-hydrogen) atoms. The Morgan fingerprint density at radius 1 is 1.12 bits per heavy atom. The molecule has 0 radical (unpaired) electrons. The van der Waals surface area contributed by atoms with E-state index in [9.17, 15) is 4.79 Å². The lowest BCUT2D eigenvalue weighted by Crippen LogP contribution is -2.33. The third-order valence-electron chi connectivity index (χ3n) is 5.24. The molecule has 0 atom stereocenters. The van der Waals surface area contributed by atoms with Crippen LogP contribution < -0.4 is 5.73 Å². The number of fused-ring (bicyclic) bond motifs is 1. The molecule has 1 aliphatic carbocycles. The molecule has 0 bridgehead atoms. The van der Waals surface area contributed by atoms with Crippen LogP contribution in [0.5, 0.6) is 0 Å². The van der Waals surface area contributed by atoms with Gasteiger partial charge in [-0.15, -0.1) is 11.3 Å². The van der Waals surface area contributed by atoms with Crippen molar-refractivity contribution in [2.45, 2.75) is 59.3 Å². The van der Waals surface area contributed by atoms with Gasteiger partial charge in [-0.3, -0.25) is 4.79 Å². The molecule has 4 heteroatoms. The summed E-state index contributed by atoms with van der Waals surface area (Å²) in [7, 11) is 0. The first-order valence-electron chi connectivity index (χ1n) is 9.87. The van der Waals surface area contributed by atoms with Gasteiger partial charge in [0.15, 0.2) is 0 Å². The van der Waals surface area contributed by atoms with Crippen LogP contribution >= 0.6 is 11.3 Å². The molecule has 0 spiro atoms. The van der Waals surface area contributed by atoms with Gasteiger partial charge in [0.25, 0.3) is 5.91 Å². The highest BCUT2D eigenvalue weighted by molar-refractivity contribution is 7.16. The molecule has 0 aliphatic heterocycles. The van der Waals surface area contributed by atoms with Crippen molar-refractivity contribution in [3.05, 3.63) is 39.8 Å².